The van der Waals surface area contributed by atoms with Crippen LogP contribution in [-0.2, 0) is 19.1 Å². The molecule has 0 aliphatic heterocycles. The molecule has 0 bridgehead atoms. The molecule has 8 heteroatoms. The van der Waals surface area contributed by atoms with E-state index < -0.39 is 36.4 Å². The zero-order chi connectivity index (χ0) is 16.5. The first-order chi connectivity index (χ1) is 10.4. The van der Waals surface area contributed by atoms with E-state index in [0.717, 1.165) is 12.8 Å². The molecule has 1 aliphatic carbocycles. The Bertz CT molecular complexity index is 399. The Labute approximate surface area is 134 Å². The molecule has 126 valence electrons. The van der Waals surface area contributed by atoms with Crippen molar-refractivity contribution < 1.29 is 24.2 Å². The van der Waals surface area contributed by atoms with Gasteiger partial charge < -0.3 is 20.9 Å². The van der Waals surface area contributed by atoms with Crippen molar-refractivity contribution in [3.05, 3.63) is 0 Å². The van der Waals surface area contributed by atoms with Gasteiger partial charge in [-0.1, -0.05) is 19.3 Å². The monoisotopic (exact) mass is 332 g/mol. The van der Waals surface area contributed by atoms with Crippen molar-refractivity contribution in [1.29, 1.82) is 0 Å². The number of carbonyl (C=O) groups is 3. The summed E-state index contributed by atoms with van der Waals surface area (Å²) in [7, 11) is 1.25. The summed E-state index contributed by atoms with van der Waals surface area (Å²) in [4.78, 5) is 34.2. The third-order valence-electron chi connectivity index (χ3n) is 3.58. The Balaban J connectivity index is 2.50. The average Bonchev–Trinajstić information content (AvgIpc) is 2.50. The number of aliphatic carboxylic acids is 1. The number of thioether (sulfide) groups is 1. The molecular weight excluding hydrogens is 308 g/mol. The maximum atomic E-state index is 11.8. The summed E-state index contributed by atoms with van der Waals surface area (Å²) < 4.78 is 4.69. The van der Waals surface area contributed by atoms with Crippen molar-refractivity contribution >= 4 is 29.6 Å². The minimum Gasteiger partial charge on any atom is -0.481 e. The van der Waals surface area contributed by atoms with Crippen molar-refractivity contribution in [2.24, 2.45) is 5.73 Å². The van der Waals surface area contributed by atoms with Crippen LogP contribution in [0.15, 0.2) is 0 Å². The van der Waals surface area contributed by atoms with Gasteiger partial charge in [0.1, 0.15) is 6.04 Å². The Morgan fingerprint density at radius 2 is 1.95 bits per heavy atom. The molecule has 0 aromatic carbocycles. The molecule has 0 spiro atoms. The first-order valence-corrected chi connectivity index (χ1v) is 8.46. The summed E-state index contributed by atoms with van der Waals surface area (Å²) in [6.45, 7) is 0. The lowest BCUT2D eigenvalue weighted by Gasteiger charge is -2.24. The first-order valence-electron chi connectivity index (χ1n) is 7.41. The summed E-state index contributed by atoms with van der Waals surface area (Å²) in [5.74, 6) is -1.95. The van der Waals surface area contributed by atoms with E-state index in [-0.39, 0.29) is 0 Å². The van der Waals surface area contributed by atoms with Crippen LogP contribution in [-0.4, -0.2) is 53.1 Å². The number of hydrogen-bond acceptors (Lipinski definition) is 6. The van der Waals surface area contributed by atoms with Gasteiger partial charge in [-0.25, -0.2) is 4.79 Å². The molecule has 22 heavy (non-hydrogen) atoms. The number of carbonyl (C=O) groups excluding carboxylic acids is 2. The minimum atomic E-state index is -1.18. The maximum absolute atomic E-state index is 11.8. The molecule has 1 saturated carbocycles. The van der Waals surface area contributed by atoms with E-state index in [1.54, 1.807) is 11.8 Å². The predicted octanol–water partition coefficient (Wildman–Crippen LogP) is 0.512. The third-order valence-corrected chi connectivity index (χ3v) is 5.05. The van der Waals surface area contributed by atoms with Crippen LogP contribution in [0.3, 0.4) is 0 Å². The van der Waals surface area contributed by atoms with Crippen LogP contribution in [0.1, 0.15) is 38.5 Å². The van der Waals surface area contributed by atoms with E-state index >= 15 is 0 Å². The highest BCUT2D eigenvalue weighted by Gasteiger charge is 2.27. The molecule has 7 nitrogen and oxygen atoms in total. The van der Waals surface area contributed by atoms with E-state index in [9.17, 15) is 14.4 Å². The molecule has 2 atom stereocenters. The van der Waals surface area contributed by atoms with Gasteiger partial charge in [0.05, 0.1) is 19.6 Å². The third kappa shape index (κ3) is 6.65. The minimum absolute atomic E-state index is 0.406. The fourth-order valence-electron chi connectivity index (χ4n) is 2.33. The van der Waals surface area contributed by atoms with Gasteiger partial charge in [0, 0.05) is 11.0 Å². The fraction of sp³-hybridized carbons (Fsp3) is 0.786. The lowest BCUT2D eigenvalue weighted by molar-refractivity contribution is -0.144. The summed E-state index contributed by atoms with van der Waals surface area (Å²) in [5, 5.41) is 11.6. The average molecular weight is 332 g/mol. The first kappa shape index (κ1) is 18.8. The zero-order valence-electron chi connectivity index (χ0n) is 12.7. The summed E-state index contributed by atoms with van der Waals surface area (Å²) in [6, 6.07) is -1.98. The summed E-state index contributed by atoms with van der Waals surface area (Å²) in [6.07, 6.45) is 5.39. The highest BCUT2D eigenvalue weighted by atomic mass is 32.2. The Hall–Kier alpha value is -1.28. The number of carboxylic acid groups (broad SMARTS) is 1. The summed E-state index contributed by atoms with van der Waals surface area (Å²) in [5.41, 5.74) is 5.50. The van der Waals surface area contributed by atoms with E-state index in [1.165, 1.54) is 26.4 Å². The number of amides is 1. The van der Waals surface area contributed by atoms with Gasteiger partial charge in [0.25, 0.3) is 0 Å². The van der Waals surface area contributed by atoms with Crippen LogP contribution in [0.4, 0.5) is 0 Å². The summed E-state index contributed by atoms with van der Waals surface area (Å²) >= 11 is 1.64. The van der Waals surface area contributed by atoms with Gasteiger partial charge in [-0.15, -0.1) is 0 Å². The normalized spacial score (nSPS) is 18.3. The van der Waals surface area contributed by atoms with Crippen molar-refractivity contribution in [3.8, 4) is 0 Å². The molecule has 0 saturated heterocycles. The van der Waals surface area contributed by atoms with Gasteiger partial charge in [0.15, 0.2) is 0 Å². The SMILES string of the molecule is COC(=O)[C@H](CSC1CCCCC1)NC(=O)[C@@H](N)CC(=O)O. The Morgan fingerprint density at radius 3 is 2.50 bits per heavy atom. The number of ether oxygens (including phenoxy) is 1. The Kier molecular flexibility index (Phi) is 8.26. The standard InChI is InChI=1S/C14H24N2O5S/c1-21-14(20)11(8-22-9-5-3-2-4-6-9)16-13(19)10(15)7-12(17)18/h9-11H,2-8,15H2,1H3,(H,16,19)(H,17,18)/t10-,11-/m0/s1. The molecule has 0 heterocycles. The van der Waals surface area contributed by atoms with E-state index in [1.807, 2.05) is 0 Å². The van der Waals surface area contributed by atoms with Crippen molar-refractivity contribution in [1.82, 2.24) is 5.32 Å². The molecule has 4 N–H and O–H groups in total. The smallest absolute Gasteiger partial charge is 0.329 e. The van der Waals surface area contributed by atoms with E-state index in [0.29, 0.717) is 11.0 Å². The number of nitrogens with two attached hydrogens (primary N) is 1. The second-order valence-electron chi connectivity index (χ2n) is 5.38. The molecule has 0 unspecified atom stereocenters. The Morgan fingerprint density at radius 1 is 1.32 bits per heavy atom. The van der Waals surface area contributed by atoms with Crippen LogP contribution in [0.5, 0.6) is 0 Å². The van der Waals surface area contributed by atoms with Gasteiger partial charge >= 0.3 is 11.9 Å². The molecule has 0 aromatic rings. The van der Waals surface area contributed by atoms with Gasteiger partial charge in [-0.3, -0.25) is 9.59 Å². The van der Waals surface area contributed by atoms with Crippen LogP contribution < -0.4 is 11.1 Å². The fourth-order valence-corrected chi connectivity index (χ4v) is 3.69. The number of rotatable bonds is 8. The lowest BCUT2D eigenvalue weighted by Crippen LogP contribution is -2.50. The second-order valence-corrected chi connectivity index (χ2v) is 6.72. The zero-order valence-corrected chi connectivity index (χ0v) is 13.6. The van der Waals surface area contributed by atoms with Crippen LogP contribution in [0.25, 0.3) is 0 Å². The highest BCUT2D eigenvalue weighted by Crippen LogP contribution is 2.28. The van der Waals surface area contributed by atoms with Gasteiger partial charge in [-0.05, 0) is 12.8 Å². The number of nitrogens with one attached hydrogen (secondary N) is 1. The largest absolute Gasteiger partial charge is 0.481 e. The van der Waals surface area contributed by atoms with E-state index in [4.69, 9.17) is 10.8 Å². The number of methoxy groups -OCH3 is 1. The number of hydrogen-bond donors (Lipinski definition) is 3. The topological polar surface area (TPSA) is 119 Å². The predicted molar refractivity (Wildman–Crippen MR) is 83.5 cm³/mol. The molecule has 1 amide bonds. The maximum Gasteiger partial charge on any atom is 0.329 e. The van der Waals surface area contributed by atoms with Crippen LogP contribution in [0, 0.1) is 0 Å². The van der Waals surface area contributed by atoms with Crippen molar-refractivity contribution in [3.63, 3.8) is 0 Å². The molecule has 0 aromatic heterocycles. The highest BCUT2D eigenvalue weighted by molar-refractivity contribution is 7.99. The van der Waals surface area contributed by atoms with Gasteiger partial charge in [0.2, 0.25) is 5.91 Å². The molecule has 1 aliphatic rings. The molecule has 0 radical (unpaired) electrons. The lowest BCUT2D eigenvalue weighted by atomic mass is 10.0. The van der Waals surface area contributed by atoms with Crippen LogP contribution in [0.2, 0.25) is 0 Å². The number of carboxylic acids is 1. The van der Waals surface area contributed by atoms with E-state index in [2.05, 4.69) is 10.1 Å². The quantitative estimate of drug-likeness (QED) is 0.554. The van der Waals surface area contributed by atoms with Crippen molar-refractivity contribution in [2.75, 3.05) is 12.9 Å². The number of esters is 1. The second kappa shape index (κ2) is 9.68. The molecule has 1 rings (SSSR count). The van der Waals surface area contributed by atoms with Crippen molar-refractivity contribution in [2.45, 2.75) is 55.9 Å². The van der Waals surface area contributed by atoms with Crippen LogP contribution >= 0.6 is 11.8 Å². The molecular formula is C14H24N2O5S. The van der Waals surface area contributed by atoms with Gasteiger partial charge in [-0.2, -0.15) is 11.8 Å². The molecule has 1 fully saturated rings.